The van der Waals surface area contributed by atoms with E-state index in [1.807, 2.05) is 4.72 Å². The van der Waals surface area contributed by atoms with E-state index in [-0.39, 0.29) is 30.2 Å². The van der Waals surface area contributed by atoms with Crippen LogP contribution in [0.15, 0.2) is 29.2 Å². The summed E-state index contributed by atoms with van der Waals surface area (Å²) in [6.45, 7) is 0.405. The Bertz CT molecular complexity index is 1290. The number of fused-ring (bicyclic) bond motifs is 1. The van der Waals surface area contributed by atoms with Crippen molar-refractivity contribution in [1.82, 2.24) is 19.6 Å². The second-order valence-electron chi connectivity index (χ2n) is 7.17. The Kier molecular flexibility index (Phi) is 6.40. The normalized spacial score (nSPS) is 16.6. The van der Waals surface area contributed by atoms with E-state index >= 15 is 0 Å². The fourth-order valence-corrected chi connectivity index (χ4v) is 4.67. The number of ether oxygens (including phenoxy) is 4. The predicted octanol–water partition coefficient (Wildman–Crippen LogP) is 2.52. The van der Waals surface area contributed by atoms with Gasteiger partial charge in [0.2, 0.25) is 11.8 Å². The topological polar surface area (TPSA) is 126 Å². The van der Waals surface area contributed by atoms with Crippen LogP contribution in [0.3, 0.4) is 0 Å². The molecule has 0 bridgehead atoms. The molecule has 1 saturated heterocycles. The zero-order valence-electron chi connectivity index (χ0n) is 18.0. The van der Waals surface area contributed by atoms with Crippen LogP contribution >= 0.6 is 0 Å². The Hall–Kier alpha value is -3.33. The Morgan fingerprint density at radius 2 is 2.03 bits per heavy atom. The Morgan fingerprint density at radius 1 is 1.24 bits per heavy atom. The standard InChI is InChI=1S/C19H20F3N5O6S/c1-30-14-9-15(31-2)27-18(23-14)24-17(25-27)26-34(28,29)16-12(19(20,21)22)6-3-7-13(16)33-10-11-5-4-8-32-11/h3,6-7,9,11H,4-5,8,10H2,1-2H3,(H,25,26). The van der Waals surface area contributed by atoms with E-state index in [0.29, 0.717) is 19.1 Å². The summed E-state index contributed by atoms with van der Waals surface area (Å²) in [5, 5.41) is 3.93. The third-order valence-corrected chi connectivity index (χ3v) is 6.31. The lowest BCUT2D eigenvalue weighted by atomic mass is 10.2. The van der Waals surface area contributed by atoms with Crippen molar-refractivity contribution in [2.45, 2.75) is 30.0 Å². The molecule has 0 saturated carbocycles. The van der Waals surface area contributed by atoms with Crippen LogP contribution in [0.25, 0.3) is 5.78 Å². The molecule has 2 aromatic heterocycles. The van der Waals surface area contributed by atoms with Gasteiger partial charge in [-0.2, -0.15) is 27.7 Å². The molecule has 0 aliphatic carbocycles. The predicted molar refractivity (Wildman–Crippen MR) is 111 cm³/mol. The summed E-state index contributed by atoms with van der Waals surface area (Å²) in [4.78, 5) is 6.84. The van der Waals surface area contributed by atoms with Gasteiger partial charge >= 0.3 is 6.18 Å². The number of anilines is 1. The van der Waals surface area contributed by atoms with Crippen LogP contribution < -0.4 is 18.9 Å². The quantitative estimate of drug-likeness (QED) is 0.493. The smallest absolute Gasteiger partial charge is 0.417 e. The second-order valence-corrected chi connectivity index (χ2v) is 8.79. The summed E-state index contributed by atoms with van der Waals surface area (Å²) in [7, 11) is -2.18. The zero-order chi connectivity index (χ0) is 24.5. The van der Waals surface area contributed by atoms with Gasteiger partial charge in [-0.15, -0.1) is 5.10 Å². The first-order valence-electron chi connectivity index (χ1n) is 9.95. The van der Waals surface area contributed by atoms with E-state index in [1.165, 1.54) is 20.3 Å². The Balaban J connectivity index is 1.73. The highest BCUT2D eigenvalue weighted by Crippen LogP contribution is 2.39. The number of benzene rings is 1. The lowest BCUT2D eigenvalue weighted by molar-refractivity contribution is -0.140. The van der Waals surface area contributed by atoms with E-state index in [0.717, 1.165) is 23.1 Å². The molecule has 34 heavy (non-hydrogen) atoms. The molecule has 1 N–H and O–H groups in total. The molecule has 0 spiro atoms. The van der Waals surface area contributed by atoms with E-state index in [2.05, 4.69) is 15.1 Å². The molecule has 3 heterocycles. The lowest BCUT2D eigenvalue weighted by Crippen LogP contribution is -2.23. The van der Waals surface area contributed by atoms with Crippen molar-refractivity contribution in [2.75, 3.05) is 32.2 Å². The van der Waals surface area contributed by atoms with Crippen LogP contribution in [0.4, 0.5) is 19.1 Å². The van der Waals surface area contributed by atoms with Crippen LogP contribution in [-0.2, 0) is 20.9 Å². The third-order valence-electron chi connectivity index (χ3n) is 4.90. The number of sulfonamides is 1. The molecule has 1 aliphatic heterocycles. The van der Waals surface area contributed by atoms with Gasteiger partial charge in [0, 0.05) is 6.61 Å². The number of aromatic nitrogens is 4. The van der Waals surface area contributed by atoms with E-state index in [9.17, 15) is 21.6 Å². The maximum atomic E-state index is 13.7. The molecule has 1 unspecified atom stereocenters. The fraction of sp³-hybridized carbons (Fsp3) is 0.421. The van der Waals surface area contributed by atoms with Gasteiger partial charge in [-0.3, -0.25) is 0 Å². The summed E-state index contributed by atoms with van der Waals surface area (Å²) < 4.78 is 91.6. The zero-order valence-corrected chi connectivity index (χ0v) is 18.8. The average molecular weight is 503 g/mol. The number of nitrogens with zero attached hydrogens (tertiary/aromatic N) is 4. The van der Waals surface area contributed by atoms with Crippen LogP contribution in [0.2, 0.25) is 0 Å². The summed E-state index contributed by atoms with van der Waals surface area (Å²) in [6.07, 6.45) is -3.88. The Labute approximate surface area is 191 Å². The highest BCUT2D eigenvalue weighted by atomic mass is 32.2. The highest BCUT2D eigenvalue weighted by molar-refractivity contribution is 7.92. The first-order chi connectivity index (χ1) is 16.1. The summed E-state index contributed by atoms with van der Waals surface area (Å²) in [5.41, 5.74) is -1.40. The van der Waals surface area contributed by atoms with Crippen molar-refractivity contribution in [3.05, 3.63) is 29.8 Å². The van der Waals surface area contributed by atoms with Crippen LogP contribution in [-0.4, -0.2) is 61.5 Å². The molecule has 0 radical (unpaired) electrons. The molecule has 1 fully saturated rings. The van der Waals surface area contributed by atoms with Gasteiger partial charge in [-0.25, -0.2) is 13.1 Å². The van der Waals surface area contributed by atoms with E-state index < -0.39 is 38.4 Å². The van der Waals surface area contributed by atoms with Crippen molar-refractivity contribution in [3.63, 3.8) is 0 Å². The van der Waals surface area contributed by atoms with Crippen LogP contribution in [0.1, 0.15) is 18.4 Å². The minimum atomic E-state index is -4.97. The van der Waals surface area contributed by atoms with Gasteiger partial charge in [0.1, 0.15) is 17.3 Å². The molecular weight excluding hydrogens is 483 g/mol. The summed E-state index contributed by atoms with van der Waals surface area (Å²) in [6, 6.07) is 4.23. The summed E-state index contributed by atoms with van der Waals surface area (Å²) in [5.74, 6) is -0.887. The average Bonchev–Trinajstić information content (AvgIpc) is 3.45. The van der Waals surface area contributed by atoms with Crippen LogP contribution in [0, 0.1) is 0 Å². The largest absolute Gasteiger partial charge is 0.489 e. The molecule has 1 aromatic carbocycles. The van der Waals surface area contributed by atoms with Gasteiger partial charge in [-0.1, -0.05) is 6.07 Å². The Morgan fingerprint density at radius 3 is 2.68 bits per heavy atom. The molecule has 184 valence electrons. The van der Waals surface area contributed by atoms with Crippen molar-refractivity contribution < 1.29 is 40.5 Å². The van der Waals surface area contributed by atoms with Crippen molar-refractivity contribution in [3.8, 4) is 17.5 Å². The maximum absolute atomic E-state index is 13.7. The second kappa shape index (κ2) is 9.13. The highest BCUT2D eigenvalue weighted by Gasteiger charge is 2.40. The molecule has 1 atom stereocenters. The monoisotopic (exact) mass is 503 g/mol. The van der Waals surface area contributed by atoms with Gasteiger partial charge in [0.25, 0.3) is 21.7 Å². The van der Waals surface area contributed by atoms with E-state index in [4.69, 9.17) is 18.9 Å². The molecule has 15 heteroatoms. The number of hydrogen-bond donors (Lipinski definition) is 1. The lowest BCUT2D eigenvalue weighted by Gasteiger charge is -2.18. The molecule has 0 amide bonds. The number of alkyl halides is 3. The first-order valence-corrected chi connectivity index (χ1v) is 11.4. The molecular formula is C19H20F3N5O6S. The molecule has 1 aliphatic rings. The molecule has 11 nitrogen and oxygen atoms in total. The van der Waals surface area contributed by atoms with Gasteiger partial charge < -0.3 is 18.9 Å². The number of methoxy groups -OCH3 is 2. The molecule has 4 rings (SSSR count). The van der Waals surface area contributed by atoms with Gasteiger partial charge in [0.05, 0.1) is 32.0 Å². The minimum Gasteiger partial charge on any atom is -0.489 e. The van der Waals surface area contributed by atoms with Gasteiger partial charge in [-0.05, 0) is 25.0 Å². The van der Waals surface area contributed by atoms with Crippen molar-refractivity contribution in [2.24, 2.45) is 0 Å². The maximum Gasteiger partial charge on any atom is 0.417 e. The van der Waals surface area contributed by atoms with Crippen molar-refractivity contribution in [1.29, 1.82) is 0 Å². The molecule has 3 aromatic rings. The third kappa shape index (κ3) is 4.79. The SMILES string of the molecule is COc1cc(OC)n2nc(NS(=O)(=O)c3c(OCC4CCCO4)cccc3C(F)(F)F)nc2n1. The number of nitrogens with one attached hydrogen (secondary N) is 1. The summed E-state index contributed by atoms with van der Waals surface area (Å²) >= 11 is 0. The number of halogens is 3. The number of hydrogen-bond acceptors (Lipinski definition) is 9. The van der Waals surface area contributed by atoms with Gasteiger partial charge in [0.15, 0.2) is 0 Å². The minimum absolute atomic E-state index is 0.0998. The number of rotatable bonds is 8. The fourth-order valence-electron chi connectivity index (χ4n) is 3.37. The first kappa shape index (κ1) is 23.8. The van der Waals surface area contributed by atoms with Crippen molar-refractivity contribution >= 4 is 21.7 Å². The van der Waals surface area contributed by atoms with E-state index in [1.54, 1.807) is 0 Å². The van der Waals surface area contributed by atoms with Crippen LogP contribution in [0.5, 0.6) is 17.5 Å².